The molecule has 0 atom stereocenters. The number of nitrogens with one attached hydrogen (secondary N) is 2. The Bertz CT molecular complexity index is 1330. The Morgan fingerprint density at radius 3 is 2.32 bits per heavy atom. The van der Waals surface area contributed by atoms with E-state index in [-0.39, 0.29) is 22.9 Å². The topological polar surface area (TPSA) is 100 Å². The van der Waals surface area contributed by atoms with Gasteiger partial charge in [-0.25, -0.2) is 0 Å². The molecule has 3 aliphatic rings. The van der Waals surface area contributed by atoms with Gasteiger partial charge < -0.3 is 20.3 Å². The Morgan fingerprint density at radius 2 is 1.71 bits per heavy atom. The molecule has 41 heavy (non-hydrogen) atoms. The highest BCUT2D eigenvalue weighted by Crippen LogP contribution is 2.49. The van der Waals surface area contributed by atoms with Crippen molar-refractivity contribution in [3.63, 3.8) is 0 Å². The van der Waals surface area contributed by atoms with Crippen LogP contribution in [0.3, 0.4) is 0 Å². The van der Waals surface area contributed by atoms with Crippen LogP contribution in [-0.2, 0) is 16.8 Å². The second-order valence-corrected chi connectivity index (χ2v) is 12.5. The molecular formula is C31H38F3N3O4. The van der Waals surface area contributed by atoms with E-state index in [0.29, 0.717) is 36.4 Å². The van der Waals surface area contributed by atoms with Crippen LogP contribution < -0.4 is 10.6 Å². The second-order valence-electron chi connectivity index (χ2n) is 12.5. The first kappa shape index (κ1) is 29.2. The maximum atomic E-state index is 13.4. The molecule has 1 heterocycles. The fourth-order valence-electron chi connectivity index (χ4n) is 6.19. The van der Waals surface area contributed by atoms with Crippen LogP contribution in [0.1, 0.15) is 96.7 Å². The van der Waals surface area contributed by atoms with Crippen molar-refractivity contribution in [1.29, 1.82) is 0 Å². The van der Waals surface area contributed by atoms with E-state index in [1.807, 2.05) is 24.4 Å². The second kappa shape index (κ2) is 11.2. The van der Waals surface area contributed by atoms with Crippen molar-refractivity contribution in [2.24, 2.45) is 11.8 Å². The highest BCUT2D eigenvalue weighted by Gasteiger charge is 2.40. The number of amides is 2. The number of rotatable bonds is 9. The van der Waals surface area contributed by atoms with Crippen LogP contribution in [0.15, 0.2) is 24.3 Å². The SMILES string of the molecule is Cc1c(C(=O)N[C@H]2C[C@H](C(=O)O)C2)cc(-c2cc(C(=O)NCC(F)(F)F)cc(C3(C)CC3)c2)n1CC1CCCCC1. The van der Waals surface area contributed by atoms with Crippen molar-refractivity contribution in [2.75, 3.05) is 6.54 Å². The van der Waals surface area contributed by atoms with Gasteiger partial charge in [0.2, 0.25) is 0 Å². The first-order chi connectivity index (χ1) is 19.3. The molecule has 0 bridgehead atoms. The van der Waals surface area contributed by atoms with Gasteiger partial charge in [-0.2, -0.15) is 13.2 Å². The summed E-state index contributed by atoms with van der Waals surface area (Å²) in [5.41, 5.74) is 3.64. The molecular weight excluding hydrogens is 535 g/mol. The van der Waals surface area contributed by atoms with E-state index >= 15 is 0 Å². The smallest absolute Gasteiger partial charge is 0.405 e. The maximum Gasteiger partial charge on any atom is 0.405 e. The van der Waals surface area contributed by atoms with Crippen LogP contribution in [-0.4, -0.2) is 46.2 Å². The molecule has 3 N–H and O–H groups in total. The number of alkyl halides is 3. The van der Waals surface area contributed by atoms with E-state index in [1.54, 1.807) is 12.1 Å². The number of nitrogens with zero attached hydrogens (tertiary/aromatic N) is 1. The molecule has 0 aliphatic heterocycles. The quantitative estimate of drug-likeness (QED) is 0.344. The first-order valence-electron chi connectivity index (χ1n) is 14.6. The zero-order valence-corrected chi connectivity index (χ0v) is 23.6. The Kier molecular flexibility index (Phi) is 7.96. The fraction of sp³-hybridized carbons (Fsp3) is 0.581. The number of carboxylic acid groups (broad SMARTS) is 1. The van der Waals surface area contributed by atoms with Crippen molar-refractivity contribution in [3.8, 4) is 11.3 Å². The standard InChI is InChI=1S/C31H38F3N3O4/c1-18-25(28(39)36-24-13-22(14-24)29(40)41)15-26(37(18)16-19-6-4-3-5-7-19)20-10-21(27(38)35-17-31(32,33)34)12-23(11-20)30(2)8-9-30/h10-12,15,19,22,24H,3-9,13-14,16-17H2,1-2H3,(H,35,38)(H,36,39)(H,40,41)/t22-,24-. The number of aromatic nitrogens is 1. The average molecular weight is 574 g/mol. The van der Waals surface area contributed by atoms with Gasteiger partial charge in [0.15, 0.2) is 0 Å². The normalized spacial score (nSPS) is 22.1. The molecule has 3 saturated carbocycles. The summed E-state index contributed by atoms with van der Waals surface area (Å²) in [5, 5.41) is 14.2. The lowest BCUT2D eigenvalue weighted by Gasteiger charge is -2.32. The lowest BCUT2D eigenvalue weighted by Crippen LogP contribution is -2.46. The highest BCUT2D eigenvalue weighted by molar-refractivity contribution is 5.98. The van der Waals surface area contributed by atoms with Crippen molar-refractivity contribution in [2.45, 2.75) is 95.8 Å². The number of hydrogen-bond donors (Lipinski definition) is 3. The van der Waals surface area contributed by atoms with Gasteiger partial charge in [-0.05, 0) is 92.2 Å². The Morgan fingerprint density at radius 1 is 1.02 bits per heavy atom. The molecule has 5 rings (SSSR count). The molecule has 10 heteroatoms. The van der Waals surface area contributed by atoms with E-state index in [4.69, 9.17) is 0 Å². The van der Waals surface area contributed by atoms with Crippen LogP contribution in [0.5, 0.6) is 0 Å². The molecule has 0 radical (unpaired) electrons. The largest absolute Gasteiger partial charge is 0.481 e. The average Bonchev–Trinajstić information content (AvgIpc) is 3.58. The van der Waals surface area contributed by atoms with E-state index < -0.39 is 30.5 Å². The summed E-state index contributed by atoms with van der Waals surface area (Å²) < 4.78 is 40.7. The Labute approximate surface area is 237 Å². The van der Waals surface area contributed by atoms with Crippen LogP contribution in [0.4, 0.5) is 13.2 Å². The number of benzene rings is 1. The van der Waals surface area contributed by atoms with Crippen molar-refractivity contribution in [1.82, 2.24) is 15.2 Å². The number of halogens is 3. The number of carbonyl (C=O) groups excluding carboxylic acids is 2. The van der Waals surface area contributed by atoms with Crippen molar-refractivity contribution >= 4 is 17.8 Å². The molecule has 3 aliphatic carbocycles. The summed E-state index contributed by atoms with van der Waals surface area (Å²) in [6, 6.07) is 6.93. The minimum Gasteiger partial charge on any atom is -0.481 e. The van der Waals surface area contributed by atoms with Crippen LogP contribution >= 0.6 is 0 Å². The molecule has 1 aromatic carbocycles. The number of carboxylic acids is 1. The number of carbonyl (C=O) groups is 3. The molecule has 0 spiro atoms. The molecule has 2 aromatic rings. The van der Waals surface area contributed by atoms with Crippen LogP contribution in [0.2, 0.25) is 0 Å². The number of aliphatic carboxylic acids is 1. The van der Waals surface area contributed by atoms with Gasteiger partial charge in [0.1, 0.15) is 6.54 Å². The van der Waals surface area contributed by atoms with E-state index in [1.165, 1.54) is 6.42 Å². The number of hydrogen-bond acceptors (Lipinski definition) is 3. The van der Waals surface area contributed by atoms with Gasteiger partial charge in [0.05, 0.1) is 11.5 Å². The molecule has 0 saturated heterocycles. The molecule has 1 aromatic heterocycles. The van der Waals surface area contributed by atoms with Gasteiger partial charge in [-0.15, -0.1) is 0 Å². The third-order valence-corrected chi connectivity index (χ3v) is 9.24. The van der Waals surface area contributed by atoms with Crippen molar-refractivity contribution < 1.29 is 32.7 Å². The van der Waals surface area contributed by atoms with E-state index in [2.05, 4.69) is 16.8 Å². The summed E-state index contributed by atoms with van der Waals surface area (Å²) >= 11 is 0. The zero-order valence-electron chi connectivity index (χ0n) is 23.6. The minimum atomic E-state index is -4.52. The summed E-state index contributed by atoms with van der Waals surface area (Å²) in [5.74, 6) is -1.92. The van der Waals surface area contributed by atoms with Gasteiger partial charge in [0.25, 0.3) is 11.8 Å². The summed E-state index contributed by atoms with van der Waals surface area (Å²) in [6.45, 7) is 3.27. The molecule has 0 unspecified atom stereocenters. The summed E-state index contributed by atoms with van der Waals surface area (Å²) in [4.78, 5) is 37.4. The van der Waals surface area contributed by atoms with Crippen LogP contribution in [0, 0.1) is 18.8 Å². The summed E-state index contributed by atoms with van der Waals surface area (Å²) in [7, 11) is 0. The molecule has 7 nitrogen and oxygen atoms in total. The van der Waals surface area contributed by atoms with Gasteiger partial charge in [0, 0.05) is 29.5 Å². The molecule has 222 valence electrons. The van der Waals surface area contributed by atoms with E-state index in [9.17, 15) is 32.7 Å². The van der Waals surface area contributed by atoms with Crippen LogP contribution in [0.25, 0.3) is 11.3 Å². The van der Waals surface area contributed by atoms with E-state index in [0.717, 1.165) is 55.5 Å². The predicted octanol–water partition coefficient (Wildman–Crippen LogP) is 5.98. The third kappa shape index (κ3) is 6.62. The predicted molar refractivity (Wildman–Crippen MR) is 148 cm³/mol. The summed E-state index contributed by atoms with van der Waals surface area (Å²) in [6.07, 6.45) is 3.80. The monoisotopic (exact) mass is 573 g/mol. The lowest BCUT2D eigenvalue weighted by molar-refractivity contribution is -0.145. The first-order valence-corrected chi connectivity index (χ1v) is 14.6. The van der Waals surface area contributed by atoms with Gasteiger partial charge in [-0.3, -0.25) is 14.4 Å². The zero-order chi connectivity index (χ0) is 29.5. The third-order valence-electron chi connectivity index (χ3n) is 9.24. The highest BCUT2D eigenvalue weighted by atomic mass is 19.4. The van der Waals surface area contributed by atoms with Gasteiger partial charge >= 0.3 is 12.1 Å². The molecule has 3 fully saturated rings. The fourth-order valence-corrected chi connectivity index (χ4v) is 6.19. The van der Waals surface area contributed by atoms with Gasteiger partial charge in [-0.1, -0.05) is 26.2 Å². The minimum absolute atomic E-state index is 0.143. The lowest BCUT2D eigenvalue weighted by atomic mass is 9.80. The Hall–Kier alpha value is -3.30. The van der Waals surface area contributed by atoms with Crippen molar-refractivity contribution in [3.05, 3.63) is 46.6 Å². The maximum absolute atomic E-state index is 13.4. The Balaban J connectivity index is 1.50. The molecule has 2 amide bonds.